The second-order valence-electron chi connectivity index (χ2n) is 6.08. The smallest absolute Gasteiger partial charge is 0.270 e. The third-order valence-corrected chi connectivity index (χ3v) is 4.19. The van der Waals surface area contributed by atoms with E-state index in [4.69, 9.17) is 12.2 Å². The van der Waals surface area contributed by atoms with Crippen molar-refractivity contribution < 1.29 is 9.72 Å². The summed E-state index contributed by atoms with van der Waals surface area (Å²) in [5, 5.41) is 16.4. The van der Waals surface area contributed by atoms with Gasteiger partial charge in [-0.15, -0.1) is 0 Å². The molecule has 0 saturated heterocycles. The van der Waals surface area contributed by atoms with Crippen LogP contribution in [-0.4, -0.2) is 15.9 Å². The van der Waals surface area contributed by atoms with Gasteiger partial charge in [-0.2, -0.15) is 0 Å². The number of hydrogen-bond donors (Lipinski definition) is 2. The number of nitro groups is 1. The lowest BCUT2D eigenvalue weighted by molar-refractivity contribution is -0.384. The highest BCUT2D eigenvalue weighted by atomic mass is 32.1. The van der Waals surface area contributed by atoms with Crippen LogP contribution < -0.4 is 10.6 Å². The number of thiocarbonyl (C=S) groups is 1. The molecule has 0 fully saturated rings. The molecule has 0 aliphatic carbocycles. The molecule has 0 aromatic heterocycles. The van der Waals surface area contributed by atoms with Crippen LogP contribution in [0.15, 0.2) is 78.9 Å². The van der Waals surface area contributed by atoms with E-state index in [0.29, 0.717) is 5.69 Å². The predicted octanol–water partition coefficient (Wildman–Crippen LogP) is 4.89. The monoisotopic (exact) mass is 403 g/mol. The van der Waals surface area contributed by atoms with E-state index < -0.39 is 10.8 Å². The van der Waals surface area contributed by atoms with E-state index in [-0.39, 0.29) is 16.4 Å². The first-order valence-corrected chi connectivity index (χ1v) is 9.12. The molecule has 0 aliphatic rings. The molecule has 144 valence electrons. The molecule has 0 aliphatic heterocycles. The highest BCUT2D eigenvalue weighted by molar-refractivity contribution is 7.80. The van der Waals surface area contributed by atoms with Gasteiger partial charge in [0, 0.05) is 23.4 Å². The van der Waals surface area contributed by atoms with Crippen LogP contribution in [0, 0.1) is 10.1 Å². The SMILES string of the molecule is O=C(NC(=S)Nc1ccc(C=Cc2ccccc2)cc1)c1cccc([N+](=O)[O-])c1. The molecule has 6 nitrogen and oxygen atoms in total. The van der Waals surface area contributed by atoms with E-state index in [9.17, 15) is 14.9 Å². The third-order valence-electron chi connectivity index (χ3n) is 3.98. The summed E-state index contributed by atoms with van der Waals surface area (Å²) in [5.74, 6) is -0.520. The highest BCUT2D eigenvalue weighted by Crippen LogP contribution is 2.14. The maximum atomic E-state index is 12.2. The average Bonchev–Trinajstić information content (AvgIpc) is 2.74. The second-order valence-corrected chi connectivity index (χ2v) is 6.49. The quantitative estimate of drug-likeness (QED) is 0.274. The van der Waals surface area contributed by atoms with Gasteiger partial charge < -0.3 is 5.32 Å². The molecule has 3 aromatic carbocycles. The van der Waals surface area contributed by atoms with Gasteiger partial charge in [-0.1, -0.05) is 60.7 Å². The minimum absolute atomic E-state index is 0.106. The van der Waals surface area contributed by atoms with Crippen molar-refractivity contribution >= 4 is 46.8 Å². The second kappa shape index (κ2) is 9.38. The fourth-order valence-corrected chi connectivity index (χ4v) is 2.74. The lowest BCUT2D eigenvalue weighted by Gasteiger charge is -2.10. The summed E-state index contributed by atoms with van der Waals surface area (Å²) in [7, 11) is 0. The first-order chi connectivity index (χ1) is 14.0. The Kier molecular flexibility index (Phi) is 6.44. The van der Waals surface area contributed by atoms with Crippen molar-refractivity contribution in [3.63, 3.8) is 0 Å². The number of benzene rings is 3. The number of nitrogens with zero attached hydrogens (tertiary/aromatic N) is 1. The predicted molar refractivity (Wildman–Crippen MR) is 119 cm³/mol. The Hall–Kier alpha value is -3.84. The molecule has 0 saturated carbocycles. The summed E-state index contributed by atoms with van der Waals surface area (Å²) < 4.78 is 0. The molecule has 0 spiro atoms. The van der Waals surface area contributed by atoms with E-state index in [0.717, 1.165) is 11.1 Å². The largest absolute Gasteiger partial charge is 0.332 e. The zero-order chi connectivity index (χ0) is 20.6. The number of amides is 1. The van der Waals surface area contributed by atoms with Gasteiger partial charge in [0.15, 0.2) is 5.11 Å². The lowest BCUT2D eigenvalue weighted by Crippen LogP contribution is -2.34. The highest BCUT2D eigenvalue weighted by Gasteiger charge is 2.12. The van der Waals surface area contributed by atoms with Crippen LogP contribution in [0.4, 0.5) is 11.4 Å². The van der Waals surface area contributed by atoms with Gasteiger partial charge in [-0.3, -0.25) is 20.2 Å². The Morgan fingerprint density at radius 3 is 2.21 bits per heavy atom. The van der Waals surface area contributed by atoms with Crippen LogP contribution >= 0.6 is 12.2 Å². The molecule has 0 unspecified atom stereocenters. The van der Waals surface area contributed by atoms with Gasteiger partial charge in [-0.25, -0.2) is 0 Å². The van der Waals surface area contributed by atoms with E-state index in [2.05, 4.69) is 10.6 Å². The van der Waals surface area contributed by atoms with Crippen molar-refractivity contribution in [3.8, 4) is 0 Å². The van der Waals surface area contributed by atoms with E-state index >= 15 is 0 Å². The third kappa shape index (κ3) is 5.82. The van der Waals surface area contributed by atoms with E-state index in [1.165, 1.54) is 24.3 Å². The number of rotatable bonds is 5. The van der Waals surface area contributed by atoms with Crippen LogP contribution in [0.3, 0.4) is 0 Å². The number of nitro benzene ring substituents is 1. The minimum atomic E-state index is -0.554. The van der Waals surface area contributed by atoms with Crippen molar-refractivity contribution in [3.05, 3.63) is 106 Å². The Balaban J connectivity index is 1.58. The van der Waals surface area contributed by atoms with Crippen molar-refractivity contribution in [2.75, 3.05) is 5.32 Å². The van der Waals surface area contributed by atoms with Gasteiger partial charge in [0.1, 0.15) is 0 Å². The summed E-state index contributed by atoms with van der Waals surface area (Å²) in [6.45, 7) is 0. The molecule has 1 amide bonds. The molecule has 0 heterocycles. The van der Waals surface area contributed by atoms with Crippen molar-refractivity contribution in [2.24, 2.45) is 0 Å². The maximum absolute atomic E-state index is 12.2. The van der Waals surface area contributed by atoms with E-state index in [1.807, 2.05) is 66.7 Å². The molecule has 7 heteroatoms. The number of nitrogens with one attached hydrogen (secondary N) is 2. The van der Waals surface area contributed by atoms with Crippen molar-refractivity contribution in [1.29, 1.82) is 0 Å². The van der Waals surface area contributed by atoms with Crippen molar-refractivity contribution in [1.82, 2.24) is 5.32 Å². The topological polar surface area (TPSA) is 84.3 Å². The zero-order valence-electron chi connectivity index (χ0n) is 15.2. The molecule has 3 aromatic rings. The van der Waals surface area contributed by atoms with Crippen LogP contribution in [-0.2, 0) is 0 Å². The summed E-state index contributed by atoms with van der Waals surface area (Å²) in [6.07, 6.45) is 4.02. The normalized spacial score (nSPS) is 10.5. The molecule has 3 rings (SSSR count). The first kappa shape index (κ1) is 19.9. The van der Waals surface area contributed by atoms with E-state index in [1.54, 1.807) is 0 Å². The maximum Gasteiger partial charge on any atom is 0.270 e. The van der Waals surface area contributed by atoms with Gasteiger partial charge in [0.25, 0.3) is 11.6 Å². The summed E-state index contributed by atoms with van der Waals surface area (Å²) in [6, 6.07) is 23.0. The Bertz CT molecular complexity index is 1060. The lowest BCUT2D eigenvalue weighted by atomic mass is 10.1. The number of carbonyl (C=O) groups is 1. The number of non-ortho nitro benzene ring substituents is 1. The zero-order valence-corrected chi connectivity index (χ0v) is 16.1. The standard InChI is InChI=1S/C22H17N3O3S/c26-21(18-7-4-8-20(15-18)25(27)28)24-22(29)23-19-13-11-17(12-14-19)10-9-16-5-2-1-3-6-16/h1-15H,(H2,23,24,26,29). The van der Waals surface area contributed by atoms with Gasteiger partial charge in [-0.05, 0) is 41.5 Å². The van der Waals surface area contributed by atoms with Crippen LogP contribution in [0.2, 0.25) is 0 Å². The number of anilines is 1. The number of hydrogen-bond acceptors (Lipinski definition) is 4. The minimum Gasteiger partial charge on any atom is -0.332 e. The molecule has 0 bridgehead atoms. The van der Waals surface area contributed by atoms with Crippen LogP contribution in [0.5, 0.6) is 0 Å². The molecule has 0 atom stereocenters. The average molecular weight is 403 g/mol. The van der Waals surface area contributed by atoms with Crippen LogP contribution in [0.1, 0.15) is 21.5 Å². The molecule has 29 heavy (non-hydrogen) atoms. The fourth-order valence-electron chi connectivity index (χ4n) is 2.53. The Morgan fingerprint density at radius 2 is 1.55 bits per heavy atom. The molecular formula is C22H17N3O3S. The molecule has 2 N–H and O–H groups in total. The Morgan fingerprint density at radius 1 is 0.897 bits per heavy atom. The van der Waals surface area contributed by atoms with Gasteiger partial charge >= 0.3 is 0 Å². The van der Waals surface area contributed by atoms with Crippen molar-refractivity contribution in [2.45, 2.75) is 0 Å². The van der Waals surface area contributed by atoms with Crippen LogP contribution in [0.25, 0.3) is 12.2 Å². The molecular weight excluding hydrogens is 386 g/mol. The number of carbonyl (C=O) groups excluding carboxylic acids is 1. The first-order valence-electron chi connectivity index (χ1n) is 8.71. The summed E-state index contributed by atoms with van der Waals surface area (Å²) in [4.78, 5) is 22.5. The summed E-state index contributed by atoms with van der Waals surface area (Å²) >= 11 is 5.15. The van der Waals surface area contributed by atoms with Gasteiger partial charge in [0.2, 0.25) is 0 Å². The molecule has 0 radical (unpaired) electrons. The van der Waals surface area contributed by atoms with Gasteiger partial charge in [0.05, 0.1) is 4.92 Å². The Labute approximate surface area is 173 Å². The fraction of sp³-hybridized carbons (Fsp3) is 0. The summed E-state index contributed by atoms with van der Waals surface area (Å²) in [5.41, 5.74) is 2.84.